The van der Waals surface area contributed by atoms with Crippen LogP contribution in [-0.2, 0) is 4.74 Å². The average Bonchev–Trinajstić information content (AvgIpc) is 2.72. The molecule has 9 heteroatoms. The van der Waals surface area contributed by atoms with Gasteiger partial charge in [-0.25, -0.2) is 19.0 Å². The van der Waals surface area contributed by atoms with Gasteiger partial charge in [-0.1, -0.05) is 0 Å². The first kappa shape index (κ1) is 10.5. The van der Waals surface area contributed by atoms with Gasteiger partial charge in [0.1, 0.15) is 12.4 Å². The second kappa shape index (κ2) is 3.31. The predicted octanol–water partition coefficient (Wildman–Crippen LogP) is -0.912. The van der Waals surface area contributed by atoms with Gasteiger partial charge in [0.2, 0.25) is 0 Å². The first-order chi connectivity index (χ1) is 9.15. The molecule has 98 valence electrons. The molecule has 3 aliphatic rings. The molecule has 3 fully saturated rings. The third-order valence-electron chi connectivity index (χ3n) is 3.92. The Hall–Kier alpha value is -2.45. The molecule has 0 atom stereocenters. The van der Waals surface area contributed by atoms with E-state index in [9.17, 15) is 9.59 Å². The fraction of sp³-hybridized carbons (Fsp3) is 0.500. The monoisotopic (exact) mass is 263 g/mol. The summed E-state index contributed by atoms with van der Waals surface area (Å²) in [4.78, 5) is 27.3. The lowest BCUT2D eigenvalue weighted by atomic mass is 9.53. The molecule has 0 aromatic carbocycles. The molecule has 0 amide bonds. The number of aromatic nitrogens is 5. The maximum absolute atomic E-state index is 11.9. The number of fused-ring (bicyclic) bond motifs is 1. The maximum Gasteiger partial charge on any atom is 0.387 e. The minimum Gasteiger partial charge on any atom is -0.457 e. The zero-order valence-electron chi connectivity index (χ0n) is 9.63. The van der Waals surface area contributed by atoms with Crippen molar-refractivity contribution in [2.75, 3.05) is 0 Å². The molecule has 19 heavy (non-hydrogen) atoms. The van der Waals surface area contributed by atoms with Crippen LogP contribution in [0.1, 0.15) is 23.3 Å². The van der Waals surface area contributed by atoms with Crippen molar-refractivity contribution in [3.63, 3.8) is 0 Å². The summed E-state index contributed by atoms with van der Waals surface area (Å²) < 4.78 is 6.25. The van der Waals surface area contributed by atoms with Gasteiger partial charge in [0.25, 0.3) is 0 Å². The highest BCUT2D eigenvalue weighted by Crippen LogP contribution is 2.55. The van der Waals surface area contributed by atoms with Crippen molar-refractivity contribution in [2.45, 2.75) is 18.9 Å². The molecule has 0 unspecified atom stereocenters. The Labute approximate surface area is 105 Å². The van der Waals surface area contributed by atoms with Gasteiger partial charge in [-0.2, -0.15) is 0 Å². The van der Waals surface area contributed by atoms with E-state index in [4.69, 9.17) is 9.94 Å². The van der Waals surface area contributed by atoms with Gasteiger partial charge in [0.15, 0.2) is 11.3 Å². The Bertz CT molecular complexity index is 736. The van der Waals surface area contributed by atoms with Gasteiger partial charge in [-0.05, 0) is 34.7 Å². The molecule has 0 spiro atoms. The number of carbonyl (C=O) groups is 1. The molecule has 2 aromatic rings. The van der Waals surface area contributed by atoms with Crippen molar-refractivity contribution in [1.82, 2.24) is 24.5 Å². The molecule has 1 N–H and O–H groups in total. The number of ether oxygens (including phenoxy) is 1. The molecule has 2 bridgehead atoms. The van der Waals surface area contributed by atoms with E-state index in [1.165, 1.54) is 0 Å². The number of nitrogens with zero attached hydrogens (tertiary/aromatic N) is 5. The first-order valence-electron chi connectivity index (χ1n) is 5.88. The number of rotatable bonds is 2. The molecular formula is C10H9N5O4. The predicted molar refractivity (Wildman–Crippen MR) is 57.6 cm³/mol. The second-order valence-corrected chi connectivity index (χ2v) is 4.91. The van der Waals surface area contributed by atoms with Crippen LogP contribution in [0.2, 0.25) is 0 Å². The zero-order valence-corrected chi connectivity index (χ0v) is 9.63. The number of imidazole rings is 1. The molecule has 3 saturated carbocycles. The molecule has 0 saturated heterocycles. The topological polar surface area (TPSA) is 112 Å². The lowest BCUT2D eigenvalue weighted by molar-refractivity contribution is -0.155. The number of hydrogen-bond acceptors (Lipinski definition) is 7. The van der Waals surface area contributed by atoms with Crippen molar-refractivity contribution in [3.05, 3.63) is 22.5 Å². The van der Waals surface area contributed by atoms with Crippen molar-refractivity contribution in [2.24, 2.45) is 11.8 Å². The summed E-state index contributed by atoms with van der Waals surface area (Å²) in [5.41, 5.74) is -0.923. The van der Waals surface area contributed by atoms with Crippen molar-refractivity contribution < 1.29 is 14.7 Å². The summed E-state index contributed by atoms with van der Waals surface area (Å²) in [5, 5.41) is 15.8. The SMILES string of the molecule is O=C(OC1C2CC1C2)c1ncn2c(=O)n(O)nnc12. The van der Waals surface area contributed by atoms with Crippen LogP contribution in [0.15, 0.2) is 11.1 Å². The number of carbonyl (C=O) groups excluding carboxylic acids is 1. The van der Waals surface area contributed by atoms with E-state index in [0.717, 1.165) is 23.6 Å². The molecule has 0 aliphatic heterocycles. The Balaban J connectivity index is 1.69. The van der Waals surface area contributed by atoms with E-state index >= 15 is 0 Å². The molecule has 9 nitrogen and oxygen atoms in total. The fourth-order valence-corrected chi connectivity index (χ4v) is 2.55. The van der Waals surface area contributed by atoms with E-state index in [1.54, 1.807) is 0 Å². The molecule has 2 aromatic heterocycles. The van der Waals surface area contributed by atoms with E-state index in [1.807, 2.05) is 0 Å². The van der Waals surface area contributed by atoms with Gasteiger partial charge in [-0.3, -0.25) is 0 Å². The summed E-state index contributed by atoms with van der Waals surface area (Å²) in [7, 11) is 0. The zero-order chi connectivity index (χ0) is 13.1. The van der Waals surface area contributed by atoms with Crippen LogP contribution in [0.25, 0.3) is 5.65 Å². The van der Waals surface area contributed by atoms with E-state index in [0.29, 0.717) is 11.8 Å². The Morgan fingerprint density at radius 3 is 2.79 bits per heavy atom. The van der Waals surface area contributed by atoms with Crippen LogP contribution in [-0.4, -0.2) is 41.8 Å². The molecule has 5 rings (SSSR count). The Morgan fingerprint density at radius 2 is 2.16 bits per heavy atom. The largest absolute Gasteiger partial charge is 0.457 e. The third-order valence-corrected chi connectivity index (χ3v) is 3.92. The van der Waals surface area contributed by atoms with Crippen LogP contribution >= 0.6 is 0 Å². The van der Waals surface area contributed by atoms with Crippen LogP contribution in [0.4, 0.5) is 0 Å². The summed E-state index contributed by atoms with van der Waals surface area (Å²) in [6, 6.07) is 0. The van der Waals surface area contributed by atoms with Gasteiger partial charge < -0.3 is 9.94 Å². The Morgan fingerprint density at radius 1 is 1.42 bits per heavy atom. The minimum absolute atomic E-state index is 0.0181. The fourth-order valence-electron chi connectivity index (χ4n) is 2.55. The third kappa shape index (κ3) is 1.26. The minimum atomic E-state index is -0.844. The Kier molecular flexibility index (Phi) is 1.82. The maximum atomic E-state index is 11.9. The van der Waals surface area contributed by atoms with Crippen LogP contribution < -0.4 is 5.69 Å². The lowest BCUT2D eigenvalue weighted by Crippen LogP contribution is -2.57. The van der Waals surface area contributed by atoms with Crippen LogP contribution in [0.3, 0.4) is 0 Å². The molecule has 2 heterocycles. The van der Waals surface area contributed by atoms with Crippen molar-refractivity contribution in [1.29, 1.82) is 0 Å². The molecular weight excluding hydrogens is 254 g/mol. The van der Waals surface area contributed by atoms with E-state index in [2.05, 4.69) is 15.3 Å². The quantitative estimate of drug-likeness (QED) is 0.551. The second-order valence-electron chi connectivity index (χ2n) is 4.91. The average molecular weight is 263 g/mol. The van der Waals surface area contributed by atoms with Gasteiger partial charge in [0, 0.05) is 0 Å². The van der Waals surface area contributed by atoms with Crippen LogP contribution in [0.5, 0.6) is 0 Å². The summed E-state index contributed by atoms with van der Waals surface area (Å²) in [6.07, 6.45) is 3.33. The standard InChI is InChI=1S/C10H9N5O4/c16-9(19-7-4-1-5(7)2-4)6-8-12-13-15(18)10(17)14(8)3-11-6/h3-5,7,18H,1-2H2. The van der Waals surface area contributed by atoms with Gasteiger partial charge in [-0.15, -0.1) is 5.10 Å². The summed E-state index contributed by atoms with van der Waals surface area (Å²) in [6.45, 7) is 0. The first-order valence-corrected chi connectivity index (χ1v) is 5.88. The van der Waals surface area contributed by atoms with E-state index in [-0.39, 0.29) is 22.3 Å². The smallest absolute Gasteiger partial charge is 0.387 e. The normalized spacial score (nSPS) is 27.7. The molecule has 0 radical (unpaired) electrons. The van der Waals surface area contributed by atoms with Crippen molar-refractivity contribution in [3.8, 4) is 0 Å². The number of hydrogen-bond donors (Lipinski definition) is 1. The highest BCUT2D eigenvalue weighted by molar-refractivity contribution is 5.93. The van der Waals surface area contributed by atoms with Gasteiger partial charge >= 0.3 is 11.7 Å². The lowest BCUT2D eigenvalue weighted by Gasteiger charge is -2.56. The van der Waals surface area contributed by atoms with Crippen LogP contribution in [0, 0.1) is 11.8 Å². The molecule has 3 aliphatic carbocycles. The summed E-state index contributed by atoms with van der Waals surface area (Å²) >= 11 is 0. The van der Waals surface area contributed by atoms with E-state index < -0.39 is 11.7 Å². The van der Waals surface area contributed by atoms with Gasteiger partial charge in [0.05, 0.1) is 0 Å². The summed E-state index contributed by atoms with van der Waals surface area (Å²) in [5.74, 6) is 0.346. The highest BCUT2D eigenvalue weighted by atomic mass is 16.5. The van der Waals surface area contributed by atoms with Crippen molar-refractivity contribution >= 4 is 11.6 Å². The highest BCUT2D eigenvalue weighted by Gasteiger charge is 2.55. The number of esters is 1.